The molecule has 1 amide bonds. The van der Waals surface area contributed by atoms with Crippen LogP contribution in [0.15, 0.2) is 0 Å². The molecule has 2 fully saturated rings. The predicted molar refractivity (Wildman–Crippen MR) is 77.0 cm³/mol. The number of nitrogens with zero attached hydrogens (tertiary/aromatic N) is 2. The van der Waals surface area contributed by atoms with Crippen LogP contribution in [-0.2, 0) is 4.79 Å². The minimum atomic E-state index is 0.310. The molecule has 104 valence electrons. The first-order valence-electron chi connectivity index (χ1n) is 7.02. The van der Waals surface area contributed by atoms with Crippen LogP contribution in [-0.4, -0.2) is 72.0 Å². The zero-order chi connectivity index (χ0) is 13.0. The van der Waals surface area contributed by atoms with Crippen molar-refractivity contribution in [3.63, 3.8) is 0 Å². The maximum Gasteiger partial charge on any atom is 0.236 e. The molecule has 0 aromatic carbocycles. The summed E-state index contributed by atoms with van der Waals surface area (Å²) in [5.74, 6) is 1.46. The monoisotopic (exact) mass is 271 g/mol. The highest BCUT2D eigenvalue weighted by Crippen LogP contribution is 2.23. The van der Waals surface area contributed by atoms with E-state index in [4.69, 9.17) is 0 Å². The van der Waals surface area contributed by atoms with Gasteiger partial charge in [-0.3, -0.25) is 9.69 Å². The van der Waals surface area contributed by atoms with E-state index in [1.807, 2.05) is 16.7 Å². The Morgan fingerprint density at radius 3 is 2.94 bits per heavy atom. The smallest absolute Gasteiger partial charge is 0.236 e. The fourth-order valence-corrected chi connectivity index (χ4v) is 3.75. The van der Waals surface area contributed by atoms with Crippen LogP contribution in [0.5, 0.6) is 0 Å². The summed E-state index contributed by atoms with van der Waals surface area (Å²) in [6, 6.07) is 0.512. The van der Waals surface area contributed by atoms with Crippen molar-refractivity contribution in [2.75, 3.05) is 45.0 Å². The van der Waals surface area contributed by atoms with Crippen LogP contribution in [0, 0.1) is 0 Å². The van der Waals surface area contributed by atoms with Gasteiger partial charge in [-0.2, -0.15) is 11.8 Å². The van der Waals surface area contributed by atoms with Gasteiger partial charge in [0.25, 0.3) is 0 Å². The third-order valence-corrected chi connectivity index (χ3v) is 5.38. The summed E-state index contributed by atoms with van der Waals surface area (Å²) in [6.45, 7) is 9.92. The zero-order valence-corrected chi connectivity index (χ0v) is 12.3. The molecule has 0 aromatic heterocycles. The summed E-state index contributed by atoms with van der Waals surface area (Å²) in [5, 5.41) is 3.98. The first-order valence-corrected chi connectivity index (χ1v) is 8.07. The molecule has 0 saturated carbocycles. The van der Waals surface area contributed by atoms with Crippen LogP contribution in [0.2, 0.25) is 0 Å². The Morgan fingerprint density at radius 2 is 2.11 bits per heavy atom. The molecule has 2 unspecified atom stereocenters. The Bertz CT molecular complexity index is 279. The average Bonchev–Trinajstić information content (AvgIpc) is 2.63. The molecule has 2 atom stereocenters. The highest BCUT2D eigenvalue weighted by molar-refractivity contribution is 8.00. The number of nitrogens with one attached hydrogen (secondary N) is 1. The molecule has 2 aliphatic heterocycles. The van der Waals surface area contributed by atoms with Crippen LogP contribution in [0.4, 0.5) is 0 Å². The van der Waals surface area contributed by atoms with E-state index in [1.165, 1.54) is 0 Å². The summed E-state index contributed by atoms with van der Waals surface area (Å²) in [6.07, 6.45) is 1.08. The van der Waals surface area contributed by atoms with E-state index < -0.39 is 0 Å². The summed E-state index contributed by atoms with van der Waals surface area (Å²) in [7, 11) is 0. The number of carbonyl (C=O) groups excluding carboxylic acids is 1. The molecule has 0 spiro atoms. The van der Waals surface area contributed by atoms with Crippen LogP contribution in [0.25, 0.3) is 0 Å². The quantitative estimate of drug-likeness (QED) is 0.799. The van der Waals surface area contributed by atoms with E-state index in [0.717, 1.165) is 44.9 Å². The van der Waals surface area contributed by atoms with Gasteiger partial charge in [0, 0.05) is 43.2 Å². The van der Waals surface area contributed by atoms with E-state index in [1.54, 1.807) is 0 Å². The molecule has 18 heavy (non-hydrogen) atoms. The predicted octanol–water partition coefficient (Wildman–Crippen LogP) is 0.634. The number of thioether (sulfide) groups is 1. The lowest BCUT2D eigenvalue weighted by Gasteiger charge is -2.37. The normalized spacial score (nSPS) is 31.1. The number of hydrogen-bond acceptors (Lipinski definition) is 4. The molecule has 2 aliphatic rings. The first kappa shape index (κ1) is 14.2. The van der Waals surface area contributed by atoms with Gasteiger partial charge in [-0.05, 0) is 19.9 Å². The van der Waals surface area contributed by atoms with E-state index >= 15 is 0 Å². The molecule has 2 rings (SSSR count). The minimum Gasteiger partial charge on any atom is -0.340 e. The zero-order valence-electron chi connectivity index (χ0n) is 11.5. The lowest BCUT2D eigenvalue weighted by atomic mass is 10.2. The second-order valence-corrected chi connectivity index (χ2v) is 6.76. The highest BCUT2D eigenvalue weighted by Gasteiger charge is 2.28. The second kappa shape index (κ2) is 6.78. The van der Waals surface area contributed by atoms with Gasteiger partial charge in [0.1, 0.15) is 0 Å². The third kappa shape index (κ3) is 3.62. The standard InChI is InChI=1S/C13H25N3OS/c1-11-12(2)18-9-8-16(11)10-13(17)15-6-3-4-14-5-7-15/h11-12,14H,3-10H2,1-2H3. The van der Waals surface area contributed by atoms with Crippen LogP contribution in [0.1, 0.15) is 20.3 Å². The summed E-state index contributed by atoms with van der Waals surface area (Å²) in [4.78, 5) is 16.7. The summed E-state index contributed by atoms with van der Waals surface area (Å²) in [5.41, 5.74) is 0. The third-order valence-electron chi connectivity index (χ3n) is 4.05. The fraction of sp³-hybridized carbons (Fsp3) is 0.923. The van der Waals surface area contributed by atoms with Crippen molar-refractivity contribution in [3.8, 4) is 0 Å². The van der Waals surface area contributed by atoms with Gasteiger partial charge < -0.3 is 10.2 Å². The molecule has 0 bridgehead atoms. The number of amides is 1. The second-order valence-electron chi connectivity index (χ2n) is 5.27. The molecule has 2 saturated heterocycles. The fourth-order valence-electron chi connectivity index (χ4n) is 2.59. The van der Waals surface area contributed by atoms with Gasteiger partial charge >= 0.3 is 0 Å². The Balaban J connectivity index is 1.85. The molecule has 1 N–H and O–H groups in total. The molecular weight excluding hydrogens is 246 g/mol. The van der Waals surface area contributed by atoms with Crippen molar-refractivity contribution in [2.24, 2.45) is 0 Å². The van der Waals surface area contributed by atoms with Crippen molar-refractivity contribution in [1.29, 1.82) is 0 Å². The first-order chi connectivity index (χ1) is 8.68. The van der Waals surface area contributed by atoms with Crippen molar-refractivity contribution in [3.05, 3.63) is 0 Å². The topological polar surface area (TPSA) is 35.6 Å². The van der Waals surface area contributed by atoms with Gasteiger partial charge in [-0.1, -0.05) is 6.92 Å². The highest BCUT2D eigenvalue weighted by atomic mass is 32.2. The molecule has 0 aromatic rings. The maximum atomic E-state index is 12.3. The minimum absolute atomic E-state index is 0.310. The SMILES string of the molecule is CC1SCCN(CC(=O)N2CCCNCC2)C1C. The van der Waals surface area contributed by atoms with E-state index in [2.05, 4.69) is 24.1 Å². The van der Waals surface area contributed by atoms with Crippen molar-refractivity contribution >= 4 is 17.7 Å². The molecule has 0 radical (unpaired) electrons. The van der Waals surface area contributed by atoms with E-state index in [0.29, 0.717) is 23.7 Å². The van der Waals surface area contributed by atoms with E-state index in [-0.39, 0.29) is 0 Å². The van der Waals surface area contributed by atoms with Gasteiger partial charge in [0.15, 0.2) is 0 Å². The van der Waals surface area contributed by atoms with Crippen LogP contribution < -0.4 is 5.32 Å². The average molecular weight is 271 g/mol. The lowest BCUT2D eigenvalue weighted by Crippen LogP contribution is -2.50. The van der Waals surface area contributed by atoms with Gasteiger partial charge in [-0.15, -0.1) is 0 Å². The van der Waals surface area contributed by atoms with Crippen LogP contribution >= 0.6 is 11.8 Å². The van der Waals surface area contributed by atoms with Crippen molar-refractivity contribution in [2.45, 2.75) is 31.6 Å². The lowest BCUT2D eigenvalue weighted by molar-refractivity contribution is -0.132. The Morgan fingerprint density at radius 1 is 1.28 bits per heavy atom. The molecule has 5 heteroatoms. The Kier molecular flexibility index (Phi) is 5.33. The maximum absolute atomic E-state index is 12.3. The molecule has 2 heterocycles. The van der Waals surface area contributed by atoms with E-state index in [9.17, 15) is 4.79 Å². The molecule has 4 nitrogen and oxygen atoms in total. The molecular formula is C13H25N3OS. The Labute approximate surface area is 114 Å². The largest absolute Gasteiger partial charge is 0.340 e. The van der Waals surface area contributed by atoms with Gasteiger partial charge in [0.2, 0.25) is 5.91 Å². The molecule has 0 aliphatic carbocycles. The van der Waals surface area contributed by atoms with Crippen LogP contribution in [0.3, 0.4) is 0 Å². The van der Waals surface area contributed by atoms with Gasteiger partial charge in [-0.25, -0.2) is 0 Å². The summed E-state index contributed by atoms with van der Waals surface area (Å²) < 4.78 is 0. The van der Waals surface area contributed by atoms with Crippen molar-refractivity contribution in [1.82, 2.24) is 15.1 Å². The Hall–Kier alpha value is -0.260. The number of rotatable bonds is 2. The summed E-state index contributed by atoms with van der Waals surface area (Å²) >= 11 is 2.02. The van der Waals surface area contributed by atoms with Gasteiger partial charge in [0.05, 0.1) is 6.54 Å². The number of hydrogen-bond donors (Lipinski definition) is 1. The number of carbonyl (C=O) groups is 1. The van der Waals surface area contributed by atoms with Crippen molar-refractivity contribution < 1.29 is 4.79 Å².